The van der Waals surface area contributed by atoms with Gasteiger partial charge in [-0.2, -0.15) is 0 Å². The number of allylic oxidation sites excluding steroid dienone is 22. The lowest BCUT2D eigenvalue weighted by atomic mass is 10.1. The van der Waals surface area contributed by atoms with Gasteiger partial charge in [-0.15, -0.1) is 0 Å². The van der Waals surface area contributed by atoms with Crippen LogP contribution in [0.2, 0.25) is 0 Å². The van der Waals surface area contributed by atoms with E-state index in [1.165, 1.54) is 0 Å². The van der Waals surface area contributed by atoms with Crippen LogP contribution in [-0.4, -0.2) is 75.5 Å². The van der Waals surface area contributed by atoms with E-state index in [2.05, 4.69) is 92.8 Å². The van der Waals surface area contributed by atoms with Gasteiger partial charge in [-0.25, -0.2) is 0 Å². The molecule has 2 atom stereocenters. The molecule has 0 aliphatic carbocycles. The topological polar surface area (TPSA) is 102 Å². The number of quaternary nitrogens is 1. The number of esters is 2. The first kappa shape index (κ1) is 55.5. The molecular weight excluding hydrogens is 751 g/mol. The lowest BCUT2D eigenvalue weighted by Gasteiger charge is -2.34. The first-order chi connectivity index (χ1) is 29.1. The van der Waals surface area contributed by atoms with Crippen LogP contribution in [0.5, 0.6) is 0 Å². The van der Waals surface area contributed by atoms with Gasteiger partial charge in [0.2, 0.25) is 0 Å². The Morgan fingerprint density at radius 3 is 1.52 bits per heavy atom. The Kier molecular flexibility index (Phi) is 38.1. The van der Waals surface area contributed by atoms with E-state index in [9.17, 15) is 19.5 Å². The second kappa shape index (κ2) is 41.2. The number of carbonyl (C=O) groups excluding carboxylic acids is 3. The monoisotopic (exact) mass is 830 g/mol. The molecule has 60 heavy (non-hydrogen) atoms. The molecule has 334 valence electrons. The van der Waals surface area contributed by atoms with Crippen molar-refractivity contribution >= 4 is 17.9 Å². The molecular formula is C52H79NO7. The maximum Gasteiger partial charge on any atom is 0.306 e. The number of carboxylic acids is 1. The molecule has 0 rings (SSSR count). The van der Waals surface area contributed by atoms with E-state index in [0.717, 1.165) is 77.0 Å². The summed E-state index contributed by atoms with van der Waals surface area (Å²) in [5.74, 6) is -1.89. The summed E-state index contributed by atoms with van der Waals surface area (Å²) in [7, 11) is 5.35. The highest BCUT2D eigenvalue weighted by Crippen LogP contribution is 2.11. The maximum atomic E-state index is 12.7. The number of likely N-dealkylation sites (N-methyl/N-ethyl adjacent to an activating group) is 1. The summed E-state index contributed by atoms with van der Waals surface area (Å²) in [5.41, 5.74) is 0. The van der Waals surface area contributed by atoms with Gasteiger partial charge >= 0.3 is 11.9 Å². The minimum atomic E-state index is -1.15. The fourth-order valence-corrected chi connectivity index (χ4v) is 5.51. The summed E-state index contributed by atoms with van der Waals surface area (Å²) < 4.78 is 17.0. The van der Waals surface area contributed by atoms with Crippen LogP contribution in [0.15, 0.2) is 134 Å². The average molecular weight is 830 g/mol. The molecule has 8 heteroatoms. The van der Waals surface area contributed by atoms with Crippen molar-refractivity contribution in [1.29, 1.82) is 0 Å². The third-order valence-electron chi connectivity index (χ3n) is 8.91. The predicted molar refractivity (Wildman–Crippen MR) is 249 cm³/mol. The van der Waals surface area contributed by atoms with Crippen molar-refractivity contribution in [3.8, 4) is 0 Å². The largest absolute Gasteiger partial charge is 0.544 e. The van der Waals surface area contributed by atoms with Crippen molar-refractivity contribution in [2.45, 2.75) is 135 Å². The lowest BCUT2D eigenvalue weighted by molar-refractivity contribution is -0.889. The Morgan fingerprint density at radius 2 is 0.983 bits per heavy atom. The first-order valence-electron chi connectivity index (χ1n) is 22.3. The van der Waals surface area contributed by atoms with Crippen molar-refractivity contribution < 1.29 is 38.2 Å². The standard InChI is InChI=1S/C52H79NO7/c1-6-8-10-12-14-16-18-20-21-22-23-24-25-26-27-28-29-31-33-35-37-39-41-43-51(55)60-48(46-58-45-44-49(52(56)57)53(3,4)5)47-59-50(54)42-40-38-36-34-32-30-19-17-15-13-11-9-7-2/h8-11,13-17,19-21,23-24,26-27,29-32,34,36,48-49H,6-7,12,18,22,25,28,33,35,37-47H2,1-5H3/b10-8+,11-9+,15-13+,16-14+,19-17+,21-20+,24-23+,27-26+,31-29+,32-30+,36-34+. The van der Waals surface area contributed by atoms with Gasteiger partial charge in [0.15, 0.2) is 6.10 Å². The van der Waals surface area contributed by atoms with E-state index in [4.69, 9.17) is 14.2 Å². The van der Waals surface area contributed by atoms with Crippen molar-refractivity contribution in [3.63, 3.8) is 0 Å². The highest BCUT2D eigenvalue weighted by atomic mass is 16.6. The summed E-state index contributed by atoms with van der Waals surface area (Å²) in [6.45, 7) is 4.26. The second-order valence-electron chi connectivity index (χ2n) is 15.3. The van der Waals surface area contributed by atoms with Gasteiger partial charge in [-0.3, -0.25) is 9.59 Å². The maximum absolute atomic E-state index is 12.7. The Balaban J connectivity index is 4.49. The van der Waals surface area contributed by atoms with E-state index in [-0.39, 0.29) is 55.5 Å². The van der Waals surface area contributed by atoms with Crippen LogP contribution in [0.25, 0.3) is 0 Å². The summed E-state index contributed by atoms with van der Waals surface area (Å²) in [6, 6.07) is -0.751. The second-order valence-corrected chi connectivity index (χ2v) is 15.3. The molecule has 8 nitrogen and oxygen atoms in total. The van der Waals surface area contributed by atoms with Gasteiger partial charge in [0, 0.05) is 19.3 Å². The number of nitrogens with zero attached hydrogens (tertiary/aromatic N) is 1. The quantitative estimate of drug-likeness (QED) is 0.0202. The summed E-state index contributed by atoms with van der Waals surface area (Å²) in [5, 5.41) is 11.6. The number of hydrogen-bond donors (Lipinski definition) is 0. The zero-order chi connectivity index (χ0) is 44.2. The average Bonchev–Trinajstić information content (AvgIpc) is 3.21. The van der Waals surface area contributed by atoms with Gasteiger partial charge in [0.05, 0.1) is 40.3 Å². The van der Waals surface area contributed by atoms with Gasteiger partial charge in [-0.1, -0.05) is 160 Å². The Bertz CT molecular complexity index is 1430. The highest BCUT2D eigenvalue weighted by Gasteiger charge is 2.25. The predicted octanol–water partition coefficient (Wildman–Crippen LogP) is 11.1. The van der Waals surface area contributed by atoms with Gasteiger partial charge in [-0.05, 0) is 77.0 Å². The number of ether oxygens (including phenoxy) is 3. The van der Waals surface area contributed by atoms with Crippen LogP contribution in [0.1, 0.15) is 123 Å². The van der Waals surface area contributed by atoms with Crippen LogP contribution in [0.3, 0.4) is 0 Å². The molecule has 0 saturated carbocycles. The minimum Gasteiger partial charge on any atom is -0.544 e. The Hall–Kier alpha value is -4.53. The smallest absolute Gasteiger partial charge is 0.306 e. The lowest BCUT2D eigenvalue weighted by Crippen LogP contribution is -2.55. The third kappa shape index (κ3) is 39.0. The Labute approximate surface area is 364 Å². The Morgan fingerprint density at radius 1 is 0.517 bits per heavy atom. The number of aliphatic carboxylic acids is 1. The number of unbranched alkanes of at least 4 members (excludes halogenated alkanes) is 5. The van der Waals surface area contributed by atoms with Crippen molar-refractivity contribution in [3.05, 3.63) is 134 Å². The van der Waals surface area contributed by atoms with Gasteiger partial charge in [0.1, 0.15) is 12.6 Å². The fourth-order valence-electron chi connectivity index (χ4n) is 5.51. The van der Waals surface area contributed by atoms with Crippen LogP contribution in [0, 0.1) is 0 Å². The van der Waals surface area contributed by atoms with E-state index in [0.29, 0.717) is 12.8 Å². The molecule has 0 N–H and O–H groups in total. The first-order valence-corrected chi connectivity index (χ1v) is 22.3. The van der Waals surface area contributed by atoms with E-state index < -0.39 is 18.1 Å². The van der Waals surface area contributed by atoms with Crippen LogP contribution in [-0.2, 0) is 28.6 Å². The van der Waals surface area contributed by atoms with Crippen molar-refractivity contribution in [2.24, 2.45) is 0 Å². The van der Waals surface area contributed by atoms with E-state index in [1.807, 2.05) is 54.7 Å². The van der Waals surface area contributed by atoms with Crippen LogP contribution >= 0.6 is 0 Å². The molecule has 2 unspecified atom stereocenters. The van der Waals surface area contributed by atoms with Gasteiger partial charge < -0.3 is 28.6 Å². The molecule has 0 aliphatic rings. The van der Waals surface area contributed by atoms with Crippen LogP contribution < -0.4 is 5.11 Å². The molecule has 0 aromatic rings. The summed E-state index contributed by atoms with van der Waals surface area (Å²) in [4.78, 5) is 36.8. The molecule has 0 spiro atoms. The van der Waals surface area contributed by atoms with Gasteiger partial charge in [0.25, 0.3) is 0 Å². The van der Waals surface area contributed by atoms with E-state index >= 15 is 0 Å². The van der Waals surface area contributed by atoms with Crippen molar-refractivity contribution in [2.75, 3.05) is 41.0 Å². The van der Waals surface area contributed by atoms with E-state index in [1.54, 1.807) is 21.1 Å². The normalized spacial score (nSPS) is 14.2. The molecule has 0 amide bonds. The van der Waals surface area contributed by atoms with Crippen LogP contribution in [0.4, 0.5) is 0 Å². The summed E-state index contributed by atoms with van der Waals surface area (Å²) in [6.07, 6.45) is 59.2. The molecule has 0 bridgehead atoms. The molecule has 0 aromatic heterocycles. The third-order valence-corrected chi connectivity index (χ3v) is 8.91. The summed E-state index contributed by atoms with van der Waals surface area (Å²) >= 11 is 0. The minimum absolute atomic E-state index is 0.00334. The zero-order valence-corrected chi connectivity index (χ0v) is 37.8. The number of carbonyl (C=O) groups is 3. The highest BCUT2D eigenvalue weighted by molar-refractivity contribution is 5.70. The SMILES string of the molecule is CC/C=C/C=C/C=C/C=C/C=C/CCCC(=O)OCC(COCCC(C(=O)[O-])[N+](C)(C)C)OC(=O)CCCCCC/C=C/C/C=C/C/C=C/C/C=C/C/C=C/C/C=C/CC. The number of hydrogen-bond acceptors (Lipinski definition) is 7. The number of carboxylic acid groups (broad SMARTS) is 1. The fraction of sp³-hybridized carbons (Fsp3) is 0.519. The molecule has 0 aliphatic heterocycles. The molecule has 0 saturated heterocycles. The molecule has 0 heterocycles. The van der Waals surface area contributed by atoms with Crippen molar-refractivity contribution in [1.82, 2.24) is 0 Å². The number of rotatable bonds is 37. The molecule has 0 radical (unpaired) electrons. The zero-order valence-electron chi connectivity index (χ0n) is 37.8. The molecule has 0 aromatic carbocycles. The molecule has 0 fully saturated rings.